The topological polar surface area (TPSA) is 29.5 Å². The summed E-state index contributed by atoms with van der Waals surface area (Å²) in [5.41, 5.74) is 5.47. The third kappa shape index (κ3) is 3.61. The van der Waals surface area contributed by atoms with Gasteiger partial charge in [0, 0.05) is 0 Å². The third-order valence-corrected chi connectivity index (χ3v) is 3.37. The first-order chi connectivity index (χ1) is 9.45. The normalized spacial score (nSPS) is 12.2. The molecular formula is C18H22O2. The van der Waals surface area contributed by atoms with E-state index in [9.17, 15) is 5.11 Å². The minimum Gasteiger partial charge on any atom is -0.490 e. The predicted octanol–water partition coefficient (Wildman–Crippen LogP) is 4.03. The van der Waals surface area contributed by atoms with Gasteiger partial charge in [-0.3, -0.25) is 0 Å². The number of ether oxygens (including phenoxy) is 1. The number of rotatable bonds is 4. The van der Waals surface area contributed by atoms with Gasteiger partial charge in [-0.15, -0.1) is 0 Å². The summed E-state index contributed by atoms with van der Waals surface area (Å²) in [7, 11) is 0. The summed E-state index contributed by atoms with van der Waals surface area (Å²) in [6.45, 7) is 8.39. The van der Waals surface area contributed by atoms with Crippen molar-refractivity contribution in [1.29, 1.82) is 0 Å². The highest BCUT2D eigenvalue weighted by Gasteiger charge is 2.10. The molecule has 1 unspecified atom stereocenters. The van der Waals surface area contributed by atoms with Gasteiger partial charge >= 0.3 is 0 Å². The van der Waals surface area contributed by atoms with Crippen LogP contribution in [0.1, 0.15) is 33.9 Å². The van der Waals surface area contributed by atoms with Crippen LogP contribution in [0.5, 0.6) is 5.75 Å². The lowest BCUT2D eigenvalue weighted by molar-refractivity contribution is 0.107. The summed E-state index contributed by atoms with van der Waals surface area (Å²) in [6.07, 6.45) is -0.603. The minimum absolute atomic E-state index is 0.271. The van der Waals surface area contributed by atoms with E-state index in [0.29, 0.717) is 0 Å². The molecule has 2 nitrogen and oxygen atoms in total. The summed E-state index contributed by atoms with van der Waals surface area (Å²) in [6, 6.07) is 12.2. The molecule has 2 aromatic rings. The predicted molar refractivity (Wildman–Crippen MR) is 82.3 cm³/mol. The molecule has 1 N–H and O–H groups in total. The van der Waals surface area contributed by atoms with Crippen LogP contribution < -0.4 is 4.74 Å². The fourth-order valence-electron chi connectivity index (χ4n) is 2.33. The van der Waals surface area contributed by atoms with E-state index in [-0.39, 0.29) is 6.61 Å². The first-order valence-electron chi connectivity index (χ1n) is 6.92. The number of benzene rings is 2. The van der Waals surface area contributed by atoms with Crippen LogP contribution in [0.3, 0.4) is 0 Å². The summed E-state index contributed by atoms with van der Waals surface area (Å²) >= 11 is 0. The molecule has 1 atom stereocenters. The fraction of sp³-hybridized carbons (Fsp3) is 0.333. The Morgan fingerprint density at radius 3 is 2.20 bits per heavy atom. The molecule has 0 amide bonds. The lowest BCUT2D eigenvalue weighted by Crippen LogP contribution is -2.10. The van der Waals surface area contributed by atoms with Crippen LogP contribution in [0.2, 0.25) is 0 Å². The standard InChI is InChI=1S/C18H22O2/c1-12-5-6-15(4)18(10-12)20-11-17(19)16-8-13(2)7-14(3)9-16/h5-10,17,19H,11H2,1-4H3. The zero-order valence-electron chi connectivity index (χ0n) is 12.6. The maximum atomic E-state index is 10.3. The lowest BCUT2D eigenvalue weighted by Gasteiger charge is -2.15. The van der Waals surface area contributed by atoms with Gasteiger partial charge in [0.25, 0.3) is 0 Å². The Kier molecular flexibility index (Phi) is 4.46. The number of hydrogen-bond acceptors (Lipinski definition) is 2. The van der Waals surface area contributed by atoms with Crippen LogP contribution in [0.25, 0.3) is 0 Å². The van der Waals surface area contributed by atoms with Crippen molar-refractivity contribution in [3.8, 4) is 5.75 Å². The average Bonchev–Trinajstić information content (AvgIpc) is 2.38. The van der Waals surface area contributed by atoms with Crippen molar-refractivity contribution in [2.75, 3.05) is 6.61 Å². The molecule has 0 aliphatic rings. The van der Waals surface area contributed by atoms with Gasteiger partial charge in [0.2, 0.25) is 0 Å². The van der Waals surface area contributed by atoms with Gasteiger partial charge < -0.3 is 9.84 Å². The molecule has 0 saturated heterocycles. The van der Waals surface area contributed by atoms with Crippen molar-refractivity contribution < 1.29 is 9.84 Å². The second-order valence-corrected chi connectivity index (χ2v) is 5.52. The molecule has 0 bridgehead atoms. The fourth-order valence-corrected chi connectivity index (χ4v) is 2.33. The van der Waals surface area contributed by atoms with Crippen LogP contribution in [-0.4, -0.2) is 11.7 Å². The van der Waals surface area contributed by atoms with Gasteiger partial charge in [0.1, 0.15) is 18.5 Å². The van der Waals surface area contributed by atoms with Gasteiger partial charge in [-0.25, -0.2) is 0 Å². The maximum Gasteiger partial charge on any atom is 0.122 e. The Bertz CT molecular complexity index is 582. The van der Waals surface area contributed by atoms with E-state index >= 15 is 0 Å². The van der Waals surface area contributed by atoms with Crippen LogP contribution >= 0.6 is 0 Å². The first-order valence-corrected chi connectivity index (χ1v) is 6.92. The molecule has 2 heteroatoms. The van der Waals surface area contributed by atoms with Crippen molar-refractivity contribution in [2.24, 2.45) is 0 Å². The first kappa shape index (κ1) is 14.6. The SMILES string of the molecule is Cc1cc(C)cc(C(O)COc2cc(C)ccc2C)c1. The van der Waals surface area contributed by atoms with Gasteiger partial charge in [-0.2, -0.15) is 0 Å². The highest BCUT2D eigenvalue weighted by molar-refractivity contribution is 5.36. The second-order valence-electron chi connectivity index (χ2n) is 5.52. The summed E-state index contributed by atoms with van der Waals surface area (Å²) in [4.78, 5) is 0. The zero-order chi connectivity index (χ0) is 14.7. The van der Waals surface area contributed by atoms with E-state index < -0.39 is 6.10 Å². The molecule has 0 heterocycles. The highest BCUT2D eigenvalue weighted by atomic mass is 16.5. The minimum atomic E-state index is -0.603. The Morgan fingerprint density at radius 1 is 0.900 bits per heavy atom. The Morgan fingerprint density at radius 2 is 1.55 bits per heavy atom. The summed E-state index contributed by atoms with van der Waals surface area (Å²) in [5, 5.41) is 10.3. The Balaban J connectivity index is 2.08. The molecule has 20 heavy (non-hydrogen) atoms. The second kappa shape index (κ2) is 6.10. The summed E-state index contributed by atoms with van der Waals surface area (Å²) < 4.78 is 5.76. The largest absolute Gasteiger partial charge is 0.490 e. The number of aliphatic hydroxyl groups is 1. The van der Waals surface area contributed by atoms with E-state index in [2.05, 4.69) is 12.1 Å². The van der Waals surface area contributed by atoms with Gasteiger partial charge in [0.05, 0.1) is 0 Å². The zero-order valence-corrected chi connectivity index (χ0v) is 12.6. The molecule has 0 aliphatic heterocycles. The number of hydrogen-bond donors (Lipinski definition) is 1. The summed E-state index contributed by atoms with van der Waals surface area (Å²) in [5.74, 6) is 0.841. The smallest absolute Gasteiger partial charge is 0.122 e. The van der Waals surface area contributed by atoms with Crippen molar-refractivity contribution >= 4 is 0 Å². The van der Waals surface area contributed by atoms with Crippen LogP contribution in [0.15, 0.2) is 36.4 Å². The average molecular weight is 270 g/mol. The maximum absolute atomic E-state index is 10.3. The van der Waals surface area contributed by atoms with E-state index in [4.69, 9.17) is 4.74 Å². The molecule has 0 spiro atoms. The molecule has 2 aromatic carbocycles. The van der Waals surface area contributed by atoms with Crippen molar-refractivity contribution in [1.82, 2.24) is 0 Å². The van der Waals surface area contributed by atoms with Crippen LogP contribution in [0, 0.1) is 27.7 Å². The molecule has 106 valence electrons. The Hall–Kier alpha value is -1.80. The molecule has 0 fully saturated rings. The highest BCUT2D eigenvalue weighted by Crippen LogP contribution is 2.22. The van der Waals surface area contributed by atoms with E-state index in [1.807, 2.05) is 52.0 Å². The Labute approximate surface area is 121 Å². The van der Waals surface area contributed by atoms with Crippen molar-refractivity contribution in [3.63, 3.8) is 0 Å². The van der Waals surface area contributed by atoms with Gasteiger partial charge in [0.15, 0.2) is 0 Å². The quantitative estimate of drug-likeness (QED) is 0.908. The van der Waals surface area contributed by atoms with Crippen molar-refractivity contribution in [2.45, 2.75) is 33.8 Å². The van der Waals surface area contributed by atoms with Crippen LogP contribution in [0.4, 0.5) is 0 Å². The molecule has 0 aromatic heterocycles. The molecule has 0 aliphatic carbocycles. The van der Waals surface area contributed by atoms with E-state index in [0.717, 1.165) is 33.6 Å². The molecule has 2 rings (SSSR count). The van der Waals surface area contributed by atoms with Gasteiger partial charge in [-0.1, -0.05) is 41.5 Å². The molecule has 0 radical (unpaired) electrons. The van der Waals surface area contributed by atoms with Gasteiger partial charge in [-0.05, 0) is 50.5 Å². The van der Waals surface area contributed by atoms with Crippen LogP contribution in [-0.2, 0) is 0 Å². The molecular weight excluding hydrogens is 248 g/mol. The van der Waals surface area contributed by atoms with Crippen molar-refractivity contribution in [3.05, 3.63) is 64.2 Å². The monoisotopic (exact) mass is 270 g/mol. The molecule has 0 saturated carbocycles. The van der Waals surface area contributed by atoms with E-state index in [1.54, 1.807) is 0 Å². The lowest BCUT2D eigenvalue weighted by atomic mass is 10.0. The number of aryl methyl sites for hydroxylation is 4. The third-order valence-electron chi connectivity index (χ3n) is 3.37. The number of aliphatic hydroxyl groups excluding tert-OH is 1. The van der Waals surface area contributed by atoms with E-state index in [1.165, 1.54) is 0 Å².